The minimum Gasteiger partial charge on any atom is -0.490 e. The van der Waals surface area contributed by atoms with Crippen molar-refractivity contribution in [2.75, 3.05) is 19.8 Å². The van der Waals surface area contributed by atoms with Crippen molar-refractivity contribution in [3.8, 4) is 23.8 Å². The van der Waals surface area contributed by atoms with Gasteiger partial charge in [-0.25, -0.2) is 9.79 Å². The van der Waals surface area contributed by atoms with Crippen LogP contribution in [0.15, 0.2) is 82.1 Å². The first-order chi connectivity index (χ1) is 20.9. The summed E-state index contributed by atoms with van der Waals surface area (Å²) in [4.78, 5) is 32.9. The quantitative estimate of drug-likeness (QED) is 0.176. The molecule has 7 nitrogen and oxygen atoms in total. The number of terminal acetylenes is 1. The normalized spacial score (nSPS) is 14.5. The molecule has 0 spiro atoms. The molecule has 1 aliphatic rings. The summed E-state index contributed by atoms with van der Waals surface area (Å²) >= 11 is 13.9. The SMILES string of the molecule is C#CCOc1c(Cl)cc(/C=c2\sc3n(c2=O)[C@@H](c2ccc(Cl)cc2)C(C(=O)OCC)=C(c2ccccc2)N=3)cc1OCC. The second-order valence-corrected chi connectivity index (χ2v) is 11.1. The Hall–Kier alpha value is -4.29. The lowest BCUT2D eigenvalue weighted by atomic mass is 9.93. The van der Waals surface area contributed by atoms with Crippen molar-refractivity contribution in [3.05, 3.63) is 119 Å². The van der Waals surface area contributed by atoms with Gasteiger partial charge < -0.3 is 14.2 Å². The van der Waals surface area contributed by atoms with Crippen molar-refractivity contribution in [3.63, 3.8) is 0 Å². The minimum atomic E-state index is -0.813. The molecular formula is C33H26Cl2N2O5S. The Labute approximate surface area is 262 Å². The molecule has 218 valence electrons. The van der Waals surface area contributed by atoms with E-state index in [1.807, 2.05) is 37.3 Å². The molecule has 5 rings (SSSR count). The number of esters is 1. The zero-order valence-electron chi connectivity index (χ0n) is 23.3. The molecule has 4 aromatic rings. The topological polar surface area (TPSA) is 79.1 Å². The lowest BCUT2D eigenvalue weighted by Gasteiger charge is -2.25. The van der Waals surface area contributed by atoms with Gasteiger partial charge in [-0.2, -0.15) is 0 Å². The summed E-state index contributed by atoms with van der Waals surface area (Å²) in [5.41, 5.74) is 2.37. The van der Waals surface area contributed by atoms with Crippen molar-refractivity contribution in [2.24, 2.45) is 4.99 Å². The summed E-state index contributed by atoms with van der Waals surface area (Å²) in [6.45, 7) is 4.12. The van der Waals surface area contributed by atoms with Crippen LogP contribution in [0.1, 0.15) is 36.6 Å². The first-order valence-corrected chi connectivity index (χ1v) is 15.0. The molecule has 0 saturated carbocycles. The molecule has 0 radical (unpaired) electrons. The van der Waals surface area contributed by atoms with Crippen molar-refractivity contribution in [2.45, 2.75) is 19.9 Å². The van der Waals surface area contributed by atoms with E-state index in [1.54, 1.807) is 49.4 Å². The minimum absolute atomic E-state index is 0.0228. The highest BCUT2D eigenvalue weighted by Gasteiger charge is 2.35. The maximum absolute atomic E-state index is 14.1. The fraction of sp³-hybridized carbons (Fsp3) is 0.182. The number of carbonyl (C=O) groups is 1. The third kappa shape index (κ3) is 6.25. The van der Waals surface area contributed by atoms with Crippen LogP contribution in [0.5, 0.6) is 11.5 Å². The highest BCUT2D eigenvalue weighted by atomic mass is 35.5. The Morgan fingerprint density at radius 3 is 2.49 bits per heavy atom. The molecule has 3 aromatic carbocycles. The van der Waals surface area contributed by atoms with Gasteiger partial charge in [0.25, 0.3) is 5.56 Å². The van der Waals surface area contributed by atoms with E-state index in [0.717, 1.165) is 5.56 Å². The smallest absolute Gasteiger partial charge is 0.338 e. The average Bonchev–Trinajstić information content (AvgIpc) is 3.31. The second-order valence-electron chi connectivity index (χ2n) is 9.24. The number of nitrogens with zero attached hydrogens (tertiary/aromatic N) is 2. The lowest BCUT2D eigenvalue weighted by molar-refractivity contribution is -0.138. The van der Waals surface area contributed by atoms with E-state index in [-0.39, 0.29) is 29.4 Å². The Morgan fingerprint density at radius 1 is 1.07 bits per heavy atom. The third-order valence-corrected chi connectivity index (χ3v) is 8.00. The van der Waals surface area contributed by atoms with Gasteiger partial charge >= 0.3 is 5.97 Å². The largest absolute Gasteiger partial charge is 0.490 e. The first-order valence-electron chi connectivity index (χ1n) is 13.4. The number of thiazole rings is 1. The molecule has 0 N–H and O–H groups in total. The molecule has 43 heavy (non-hydrogen) atoms. The number of fused-ring (bicyclic) bond motifs is 1. The fourth-order valence-electron chi connectivity index (χ4n) is 4.74. The Kier molecular flexibility index (Phi) is 9.37. The summed E-state index contributed by atoms with van der Waals surface area (Å²) in [5, 5.41) is 0.813. The molecule has 0 bridgehead atoms. The van der Waals surface area contributed by atoms with Crippen LogP contribution in [-0.4, -0.2) is 30.4 Å². The number of benzene rings is 3. The molecule has 10 heteroatoms. The number of ether oxygens (including phenoxy) is 3. The standard InChI is InChI=1S/C33H26Cl2N2O5S/c1-4-16-42-30-24(35)17-20(18-25(30)40-5-2)19-26-31(38)37-29(22-12-14-23(34)15-13-22)27(32(39)41-6-3)28(36-33(37)43-26)21-10-8-7-9-11-21/h1,7-15,17-19,29H,5-6,16H2,2-3H3/b26-19-/t29-/m0/s1. The number of hydrogen-bond donors (Lipinski definition) is 0. The van der Waals surface area contributed by atoms with Crippen LogP contribution >= 0.6 is 34.5 Å². The highest BCUT2D eigenvalue weighted by molar-refractivity contribution is 7.07. The van der Waals surface area contributed by atoms with Gasteiger partial charge in [-0.05, 0) is 55.3 Å². The summed E-state index contributed by atoms with van der Waals surface area (Å²) in [6, 6.07) is 19.0. The molecule has 0 saturated heterocycles. The van der Waals surface area contributed by atoms with Gasteiger partial charge in [0.2, 0.25) is 0 Å². The van der Waals surface area contributed by atoms with Crippen molar-refractivity contribution in [1.29, 1.82) is 0 Å². The van der Waals surface area contributed by atoms with Gasteiger partial charge in [0.1, 0.15) is 6.61 Å². The van der Waals surface area contributed by atoms with Gasteiger partial charge in [0.05, 0.1) is 40.1 Å². The van der Waals surface area contributed by atoms with Crippen molar-refractivity contribution >= 4 is 52.3 Å². The van der Waals surface area contributed by atoms with E-state index >= 15 is 0 Å². The van der Waals surface area contributed by atoms with E-state index < -0.39 is 12.0 Å². The Bertz CT molecular complexity index is 1920. The van der Waals surface area contributed by atoms with Gasteiger partial charge in [0, 0.05) is 10.6 Å². The number of aromatic nitrogens is 1. The molecule has 0 aliphatic carbocycles. The van der Waals surface area contributed by atoms with Crippen LogP contribution in [0.4, 0.5) is 0 Å². The number of halogens is 2. The van der Waals surface area contributed by atoms with Crippen LogP contribution in [0.3, 0.4) is 0 Å². The average molecular weight is 634 g/mol. The van der Waals surface area contributed by atoms with Gasteiger partial charge in [0.15, 0.2) is 16.3 Å². The van der Waals surface area contributed by atoms with E-state index in [0.29, 0.717) is 49.3 Å². The van der Waals surface area contributed by atoms with Gasteiger partial charge in [-0.1, -0.05) is 82.9 Å². The number of rotatable bonds is 9. The molecule has 0 unspecified atom stereocenters. The third-order valence-electron chi connectivity index (χ3n) is 6.49. The molecule has 0 amide bonds. The molecule has 0 fully saturated rings. The molecule has 2 heterocycles. The monoisotopic (exact) mass is 632 g/mol. The van der Waals surface area contributed by atoms with Gasteiger partial charge in [-0.3, -0.25) is 9.36 Å². The predicted molar refractivity (Wildman–Crippen MR) is 169 cm³/mol. The van der Waals surface area contributed by atoms with E-state index in [2.05, 4.69) is 5.92 Å². The molecule has 1 atom stereocenters. The highest BCUT2D eigenvalue weighted by Crippen LogP contribution is 2.38. The predicted octanol–water partition coefficient (Wildman–Crippen LogP) is 5.65. The summed E-state index contributed by atoms with van der Waals surface area (Å²) in [5.74, 6) is 2.59. The van der Waals surface area contributed by atoms with Crippen molar-refractivity contribution in [1.82, 2.24) is 4.57 Å². The molecular weight excluding hydrogens is 607 g/mol. The lowest BCUT2D eigenvalue weighted by Crippen LogP contribution is -2.40. The van der Waals surface area contributed by atoms with Crippen LogP contribution in [-0.2, 0) is 9.53 Å². The second kappa shape index (κ2) is 13.3. The van der Waals surface area contributed by atoms with Crippen LogP contribution in [0, 0.1) is 12.3 Å². The Balaban J connectivity index is 1.76. The summed E-state index contributed by atoms with van der Waals surface area (Å²) in [6.07, 6.45) is 7.06. The maximum atomic E-state index is 14.1. The van der Waals surface area contributed by atoms with Crippen LogP contribution < -0.4 is 24.4 Å². The number of carbonyl (C=O) groups excluding carboxylic acids is 1. The van der Waals surface area contributed by atoms with Crippen molar-refractivity contribution < 1.29 is 19.0 Å². The first kappa shape index (κ1) is 30.2. The Morgan fingerprint density at radius 2 is 1.81 bits per heavy atom. The summed E-state index contributed by atoms with van der Waals surface area (Å²) in [7, 11) is 0. The molecule has 1 aliphatic heterocycles. The maximum Gasteiger partial charge on any atom is 0.338 e. The van der Waals surface area contributed by atoms with E-state index in [9.17, 15) is 9.59 Å². The number of hydrogen-bond acceptors (Lipinski definition) is 7. The fourth-order valence-corrected chi connectivity index (χ4v) is 6.14. The van der Waals surface area contributed by atoms with E-state index in [1.165, 1.54) is 15.9 Å². The van der Waals surface area contributed by atoms with Gasteiger partial charge in [-0.15, -0.1) is 6.42 Å². The zero-order valence-corrected chi connectivity index (χ0v) is 25.6. The van der Waals surface area contributed by atoms with E-state index in [4.69, 9.17) is 48.8 Å². The summed E-state index contributed by atoms with van der Waals surface area (Å²) < 4.78 is 18.8. The molecule has 1 aromatic heterocycles. The van der Waals surface area contributed by atoms with Crippen LogP contribution in [0.2, 0.25) is 10.0 Å². The zero-order chi connectivity index (χ0) is 30.5. The van der Waals surface area contributed by atoms with Crippen LogP contribution in [0.25, 0.3) is 11.8 Å².